The second-order valence-corrected chi connectivity index (χ2v) is 6.99. The summed E-state index contributed by atoms with van der Waals surface area (Å²) in [5.41, 5.74) is 6.31. The van der Waals surface area contributed by atoms with E-state index in [1.54, 1.807) is 0 Å². The highest BCUT2D eigenvalue weighted by atomic mass is 16.3. The Bertz CT molecular complexity index is 475. The van der Waals surface area contributed by atoms with Crippen molar-refractivity contribution in [2.45, 2.75) is 66.1 Å². The molecule has 0 spiro atoms. The van der Waals surface area contributed by atoms with Crippen LogP contribution in [-0.2, 0) is 0 Å². The van der Waals surface area contributed by atoms with Crippen molar-refractivity contribution < 1.29 is 9.21 Å². The smallest absolute Gasteiger partial charge is 0.273 e. The number of aromatic nitrogens is 1. The van der Waals surface area contributed by atoms with Gasteiger partial charge in [-0.15, -0.1) is 0 Å². The molecule has 0 saturated heterocycles. The summed E-state index contributed by atoms with van der Waals surface area (Å²) in [5.74, 6) is 0.659. The fourth-order valence-corrected chi connectivity index (χ4v) is 2.67. The molecule has 23 heavy (non-hydrogen) atoms. The van der Waals surface area contributed by atoms with Crippen LogP contribution in [0.1, 0.15) is 70.4 Å². The lowest BCUT2D eigenvalue weighted by atomic mass is 10.0. The highest BCUT2D eigenvalue weighted by Crippen LogP contribution is 2.18. The van der Waals surface area contributed by atoms with Gasteiger partial charge in [0.15, 0.2) is 5.69 Å². The molecular formula is C17H32N4O2. The van der Waals surface area contributed by atoms with E-state index in [0.717, 1.165) is 13.0 Å². The van der Waals surface area contributed by atoms with Crippen LogP contribution < -0.4 is 11.1 Å². The molecule has 0 saturated carbocycles. The topological polar surface area (TPSA) is 84.4 Å². The lowest BCUT2D eigenvalue weighted by molar-refractivity contribution is 0.0934. The first-order valence-corrected chi connectivity index (χ1v) is 8.47. The van der Waals surface area contributed by atoms with Crippen molar-refractivity contribution in [2.75, 3.05) is 13.1 Å². The zero-order chi connectivity index (χ0) is 17.6. The van der Waals surface area contributed by atoms with Crippen molar-refractivity contribution in [3.63, 3.8) is 0 Å². The van der Waals surface area contributed by atoms with Crippen LogP contribution in [0.2, 0.25) is 0 Å². The molecule has 1 aromatic heterocycles. The molecule has 0 aliphatic heterocycles. The Hall–Kier alpha value is -1.40. The van der Waals surface area contributed by atoms with Gasteiger partial charge in [0, 0.05) is 25.2 Å². The summed E-state index contributed by atoms with van der Waals surface area (Å²) in [6.07, 6.45) is 2.16. The maximum atomic E-state index is 12.1. The van der Waals surface area contributed by atoms with Gasteiger partial charge in [-0.05, 0) is 40.0 Å². The van der Waals surface area contributed by atoms with Gasteiger partial charge in [-0.1, -0.05) is 13.8 Å². The molecule has 6 nitrogen and oxygen atoms in total. The maximum absolute atomic E-state index is 12.1. The molecule has 1 rings (SSSR count). The zero-order valence-electron chi connectivity index (χ0n) is 15.3. The van der Waals surface area contributed by atoms with Crippen LogP contribution in [0.3, 0.4) is 0 Å². The number of nitrogens with two attached hydrogens (primary N) is 1. The van der Waals surface area contributed by atoms with Crippen LogP contribution in [0.15, 0.2) is 10.7 Å². The second kappa shape index (κ2) is 9.03. The van der Waals surface area contributed by atoms with Gasteiger partial charge in [-0.3, -0.25) is 9.69 Å². The Kier molecular flexibility index (Phi) is 7.72. The number of carbonyl (C=O) groups is 1. The Labute approximate surface area is 139 Å². The quantitative estimate of drug-likeness (QED) is 0.729. The van der Waals surface area contributed by atoms with E-state index >= 15 is 0 Å². The van der Waals surface area contributed by atoms with E-state index in [1.165, 1.54) is 6.26 Å². The molecular weight excluding hydrogens is 292 g/mol. The summed E-state index contributed by atoms with van der Waals surface area (Å²) >= 11 is 0. The van der Waals surface area contributed by atoms with Gasteiger partial charge in [0.25, 0.3) is 5.91 Å². The summed E-state index contributed by atoms with van der Waals surface area (Å²) < 4.78 is 5.34. The van der Waals surface area contributed by atoms with Gasteiger partial charge in [-0.2, -0.15) is 0 Å². The van der Waals surface area contributed by atoms with E-state index in [0.29, 0.717) is 36.1 Å². The van der Waals surface area contributed by atoms with E-state index in [1.807, 2.05) is 0 Å². The monoisotopic (exact) mass is 324 g/mol. The first-order chi connectivity index (χ1) is 10.7. The van der Waals surface area contributed by atoms with Crippen LogP contribution in [0, 0.1) is 5.92 Å². The average Bonchev–Trinajstić information content (AvgIpc) is 2.91. The SMILES string of the molecule is CC(C)CC(N)c1nc(C(=O)NCCN(C(C)C)C(C)C)co1. The Morgan fingerprint density at radius 1 is 1.26 bits per heavy atom. The number of hydrogen-bond acceptors (Lipinski definition) is 5. The second-order valence-electron chi connectivity index (χ2n) is 6.99. The van der Waals surface area contributed by atoms with Gasteiger partial charge >= 0.3 is 0 Å². The third-order valence-electron chi connectivity index (χ3n) is 3.78. The summed E-state index contributed by atoms with van der Waals surface area (Å²) in [5, 5.41) is 2.89. The van der Waals surface area contributed by atoms with Crippen LogP contribution in [0.25, 0.3) is 0 Å². The van der Waals surface area contributed by atoms with Crippen molar-refractivity contribution in [1.29, 1.82) is 0 Å². The van der Waals surface area contributed by atoms with Gasteiger partial charge in [-0.25, -0.2) is 4.98 Å². The fraction of sp³-hybridized carbons (Fsp3) is 0.765. The number of oxazole rings is 1. The number of carbonyl (C=O) groups excluding carboxylic acids is 1. The fourth-order valence-electron chi connectivity index (χ4n) is 2.67. The molecule has 1 aromatic rings. The van der Waals surface area contributed by atoms with Gasteiger partial charge < -0.3 is 15.5 Å². The first-order valence-electron chi connectivity index (χ1n) is 8.47. The Morgan fingerprint density at radius 2 is 1.87 bits per heavy atom. The minimum atomic E-state index is -0.270. The number of rotatable bonds is 9. The molecule has 132 valence electrons. The van der Waals surface area contributed by atoms with Crippen LogP contribution in [0.5, 0.6) is 0 Å². The molecule has 0 aromatic carbocycles. The minimum absolute atomic E-state index is 0.218. The zero-order valence-corrected chi connectivity index (χ0v) is 15.3. The maximum Gasteiger partial charge on any atom is 0.273 e. The molecule has 0 radical (unpaired) electrons. The molecule has 6 heteroatoms. The van der Waals surface area contributed by atoms with Gasteiger partial charge in [0.1, 0.15) is 6.26 Å². The standard InChI is InChI=1S/C17H32N4O2/c1-11(2)9-14(18)17-20-15(10-23-17)16(22)19-7-8-21(12(3)4)13(5)6/h10-14H,7-9,18H2,1-6H3,(H,19,22). The van der Waals surface area contributed by atoms with Crippen molar-refractivity contribution in [2.24, 2.45) is 11.7 Å². The lowest BCUT2D eigenvalue weighted by Gasteiger charge is -2.30. The molecule has 0 bridgehead atoms. The lowest BCUT2D eigenvalue weighted by Crippen LogP contribution is -2.42. The predicted octanol–water partition coefficient (Wildman–Crippen LogP) is 2.57. The normalized spacial score (nSPS) is 13.3. The van der Waals surface area contributed by atoms with Crippen molar-refractivity contribution in [3.8, 4) is 0 Å². The van der Waals surface area contributed by atoms with Crippen molar-refractivity contribution >= 4 is 5.91 Å². The van der Waals surface area contributed by atoms with E-state index in [2.05, 4.69) is 56.7 Å². The van der Waals surface area contributed by atoms with E-state index in [4.69, 9.17) is 10.2 Å². The van der Waals surface area contributed by atoms with E-state index < -0.39 is 0 Å². The largest absolute Gasteiger partial charge is 0.446 e. The Morgan fingerprint density at radius 3 is 2.39 bits per heavy atom. The minimum Gasteiger partial charge on any atom is -0.446 e. The summed E-state index contributed by atoms with van der Waals surface area (Å²) in [4.78, 5) is 18.7. The van der Waals surface area contributed by atoms with E-state index in [-0.39, 0.29) is 11.9 Å². The molecule has 0 fully saturated rings. The van der Waals surface area contributed by atoms with Crippen molar-refractivity contribution in [1.82, 2.24) is 15.2 Å². The Balaban J connectivity index is 2.51. The first kappa shape index (κ1) is 19.6. The highest BCUT2D eigenvalue weighted by Gasteiger charge is 2.18. The van der Waals surface area contributed by atoms with Crippen LogP contribution in [-0.4, -0.2) is 41.0 Å². The number of amides is 1. The van der Waals surface area contributed by atoms with Gasteiger partial charge in [0.05, 0.1) is 6.04 Å². The van der Waals surface area contributed by atoms with Gasteiger partial charge in [0.2, 0.25) is 5.89 Å². The molecule has 0 aliphatic carbocycles. The average molecular weight is 324 g/mol. The third-order valence-corrected chi connectivity index (χ3v) is 3.78. The van der Waals surface area contributed by atoms with Crippen molar-refractivity contribution in [3.05, 3.63) is 17.8 Å². The molecule has 1 amide bonds. The number of hydrogen-bond donors (Lipinski definition) is 2. The molecule has 3 N–H and O–H groups in total. The highest BCUT2D eigenvalue weighted by molar-refractivity contribution is 5.91. The molecule has 0 aliphatic rings. The van der Waals surface area contributed by atoms with E-state index in [9.17, 15) is 4.79 Å². The predicted molar refractivity (Wildman–Crippen MR) is 92.2 cm³/mol. The molecule has 1 unspecified atom stereocenters. The summed E-state index contributed by atoms with van der Waals surface area (Å²) in [7, 11) is 0. The van der Waals surface area contributed by atoms with Crippen LogP contribution >= 0.6 is 0 Å². The van der Waals surface area contributed by atoms with Crippen LogP contribution in [0.4, 0.5) is 0 Å². The third kappa shape index (κ3) is 6.31. The number of nitrogens with one attached hydrogen (secondary N) is 1. The number of nitrogens with zero attached hydrogens (tertiary/aromatic N) is 2. The summed E-state index contributed by atoms with van der Waals surface area (Å²) in [6, 6.07) is 0.619. The molecule has 1 heterocycles. The summed E-state index contributed by atoms with van der Waals surface area (Å²) in [6.45, 7) is 14.2. The molecule has 1 atom stereocenters.